The number of nitrogens with zero attached hydrogens (tertiary/aromatic N) is 2. The number of hydrogen-bond donors (Lipinski definition) is 2. The normalized spacial score (nSPS) is 10.8. The number of fused-ring (bicyclic) bond motifs is 1. The quantitative estimate of drug-likeness (QED) is 0.669. The second kappa shape index (κ2) is 7.01. The van der Waals surface area contributed by atoms with Crippen LogP contribution in [0, 0.1) is 11.8 Å². The third-order valence-electron chi connectivity index (χ3n) is 2.73. The standard InChI is InChI=1S/C16H20N4O3/c1-16(2,3)23-15(21)17-8-6-5-7-11-9-12-10-18-20-13(12)19-14(11)22-4/h9-10H,6,8H2,1-4H3,(H,17,21)(H,18,19,20). The van der Waals surface area contributed by atoms with Crippen molar-refractivity contribution in [3.05, 3.63) is 17.8 Å². The van der Waals surface area contributed by atoms with Gasteiger partial charge < -0.3 is 14.8 Å². The first-order valence-electron chi connectivity index (χ1n) is 7.23. The summed E-state index contributed by atoms with van der Waals surface area (Å²) in [6, 6.07) is 1.86. The molecule has 0 radical (unpaired) electrons. The maximum absolute atomic E-state index is 11.5. The minimum atomic E-state index is -0.505. The molecule has 2 N–H and O–H groups in total. The average Bonchev–Trinajstić information content (AvgIpc) is 2.91. The van der Waals surface area contributed by atoms with Crippen LogP contribution >= 0.6 is 0 Å². The van der Waals surface area contributed by atoms with E-state index in [1.165, 1.54) is 0 Å². The molecule has 2 aromatic rings. The maximum Gasteiger partial charge on any atom is 0.407 e. The van der Waals surface area contributed by atoms with E-state index < -0.39 is 11.7 Å². The summed E-state index contributed by atoms with van der Waals surface area (Å²) in [5.74, 6) is 6.42. The summed E-state index contributed by atoms with van der Waals surface area (Å²) in [7, 11) is 1.54. The van der Waals surface area contributed by atoms with Gasteiger partial charge in [-0.1, -0.05) is 11.8 Å². The topological polar surface area (TPSA) is 89.1 Å². The van der Waals surface area contributed by atoms with Gasteiger partial charge in [-0.25, -0.2) is 4.79 Å². The van der Waals surface area contributed by atoms with Crippen LogP contribution in [0.1, 0.15) is 32.8 Å². The average molecular weight is 316 g/mol. The highest BCUT2D eigenvalue weighted by atomic mass is 16.6. The van der Waals surface area contributed by atoms with E-state index in [0.717, 1.165) is 5.39 Å². The van der Waals surface area contributed by atoms with Crippen molar-refractivity contribution >= 4 is 17.1 Å². The van der Waals surface area contributed by atoms with Crippen molar-refractivity contribution in [3.63, 3.8) is 0 Å². The highest BCUT2D eigenvalue weighted by molar-refractivity contribution is 5.77. The fourth-order valence-electron chi connectivity index (χ4n) is 1.81. The Hall–Kier alpha value is -2.75. The molecule has 0 fully saturated rings. The Morgan fingerprint density at radius 2 is 2.22 bits per heavy atom. The second-order valence-corrected chi connectivity index (χ2v) is 5.83. The van der Waals surface area contributed by atoms with Crippen LogP contribution in [0.15, 0.2) is 12.3 Å². The number of alkyl carbamates (subject to hydrolysis) is 1. The molecule has 1 amide bonds. The summed E-state index contributed by atoms with van der Waals surface area (Å²) in [5, 5.41) is 10.2. The maximum atomic E-state index is 11.5. The zero-order valence-electron chi connectivity index (χ0n) is 13.7. The van der Waals surface area contributed by atoms with Gasteiger partial charge in [0, 0.05) is 18.4 Å². The number of amides is 1. The zero-order valence-corrected chi connectivity index (χ0v) is 13.7. The number of aromatic amines is 1. The van der Waals surface area contributed by atoms with Gasteiger partial charge in [-0.05, 0) is 26.8 Å². The number of hydrogen-bond acceptors (Lipinski definition) is 5. The molecule has 0 atom stereocenters. The Kier molecular flexibility index (Phi) is 5.06. The van der Waals surface area contributed by atoms with Gasteiger partial charge in [0.05, 0.1) is 18.9 Å². The van der Waals surface area contributed by atoms with Gasteiger partial charge in [-0.3, -0.25) is 5.10 Å². The summed E-state index contributed by atoms with van der Waals surface area (Å²) in [5.41, 5.74) is 0.826. The van der Waals surface area contributed by atoms with Crippen LogP contribution in [0.25, 0.3) is 11.0 Å². The lowest BCUT2D eigenvalue weighted by Gasteiger charge is -2.19. The van der Waals surface area contributed by atoms with E-state index in [-0.39, 0.29) is 0 Å². The summed E-state index contributed by atoms with van der Waals surface area (Å²) in [6.45, 7) is 5.86. The lowest BCUT2D eigenvalue weighted by atomic mass is 10.2. The lowest BCUT2D eigenvalue weighted by Crippen LogP contribution is -2.32. The molecule has 122 valence electrons. The SMILES string of the molecule is COc1nc2[nH]ncc2cc1C#CCCNC(=O)OC(C)(C)C. The van der Waals surface area contributed by atoms with Crippen molar-refractivity contribution in [2.75, 3.05) is 13.7 Å². The largest absolute Gasteiger partial charge is 0.480 e. The molecule has 0 saturated carbocycles. The number of pyridine rings is 1. The smallest absolute Gasteiger partial charge is 0.407 e. The minimum absolute atomic E-state index is 0.408. The molecule has 2 aromatic heterocycles. The molecule has 0 aliphatic carbocycles. The van der Waals surface area contributed by atoms with Crippen LogP contribution < -0.4 is 10.1 Å². The van der Waals surface area contributed by atoms with Crippen LogP contribution in [0.3, 0.4) is 0 Å². The second-order valence-electron chi connectivity index (χ2n) is 5.83. The third kappa shape index (κ3) is 4.88. The number of ether oxygens (including phenoxy) is 2. The van der Waals surface area contributed by atoms with Crippen LogP contribution in [0.2, 0.25) is 0 Å². The third-order valence-corrected chi connectivity index (χ3v) is 2.73. The highest BCUT2D eigenvalue weighted by Crippen LogP contribution is 2.19. The van der Waals surface area contributed by atoms with E-state index in [9.17, 15) is 4.79 Å². The van der Waals surface area contributed by atoms with Gasteiger partial charge in [-0.15, -0.1) is 0 Å². The van der Waals surface area contributed by atoms with Gasteiger partial charge in [0.2, 0.25) is 5.88 Å². The number of carbonyl (C=O) groups excluding carboxylic acids is 1. The van der Waals surface area contributed by atoms with Gasteiger partial charge in [0.25, 0.3) is 0 Å². The van der Waals surface area contributed by atoms with Crippen LogP contribution in [0.4, 0.5) is 4.79 Å². The Bertz CT molecular complexity index is 750. The van der Waals surface area contributed by atoms with Crippen molar-refractivity contribution in [2.45, 2.75) is 32.8 Å². The van der Waals surface area contributed by atoms with E-state index >= 15 is 0 Å². The summed E-state index contributed by atoms with van der Waals surface area (Å²) < 4.78 is 10.4. The van der Waals surface area contributed by atoms with Crippen LogP contribution in [-0.4, -0.2) is 40.5 Å². The summed E-state index contributed by atoms with van der Waals surface area (Å²) in [4.78, 5) is 15.8. The Morgan fingerprint density at radius 1 is 1.43 bits per heavy atom. The van der Waals surface area contributed by atoms with Gasteiger partial charge in [0.1, 0.15) is 5.60 Å². The van der Waals surface area contributed by atoms with E-state index in [4.69, 9.17) is 9.47 Å². The predicted molar refractivity (Wildman–Crippen MR) is 86.2 cm³/mol. The monoisotopic (exact) mass is 316 g/mol. The van der Waals surface area contributed by atoms with Crippen LogP contribution in [0.5, 0.6) is 5.88 Å². The molecule has 2 rings (SSSR count). The first-order chi connectivity index (χ1) is 10.9. The molecular weight excluding hydrogens is 296 g/mol. The number of aromatic nitrogens is 3. The van der Waals surface area contributed by atoms with E-state index in [1.807, 2.05) is 26.8 Å². The number of methoxy groups -OCH3 is 1. The molecule has 7 nitrogen and oxygen atoms in total. The first-order valence-corrected chi connectivity index (χ1v) is 7.23. The Morgan fingerprint density at radius 3 is 2.91 bits per heavy atom. The molecule has 7 heteroatoms. The van der Waals surface area contributed by atoms with E-state index in [1.54, 1.807) is 13.3 Å². The van der Waals surface area contributed by atoms with E-state index in [2.05, 4.69) is 32.3 Å². The molecular formula is C16H20N4O3. The Labute approximate surface area is 134 Å². The number of carbonyl (C=O) groups is 1. The van der Waals surface area contributed by atoms with Gasteiger partial charge >= 0.3 is 6.09 Å². The summed E-state index contributed by atoms with van der Waals surface area (Å²) >= 11 is 0. The molecule has 0 bridgehead atoms. The van der Waals surface area contributed by atoms with Crippen molar-refractivity contribution in [3.8, 4) is 17.7 Å². The Balaban J connectivity index is 1.93. The summed E-state index contributed by atoms with van der Waals surface area (Å²) in [6.07, 6.45) is 1.72. The first kappa shape index (κ1) is 16.6. The van der Waals surface area contributed by atoms with Crippen molar-refractivity contribution in [1.29, 1.82) is 0 Å². The number of H-pyrrole nitrogens is 1. The van der Waals surface area contributed by atoms with Gasteiger partial charge in [-0.2, -0.15) is 10.1 Å². The molecule has 0 saturated heterocycles. The molecule has 23 heavy (non-hydrogen) atoms. The lowest BCUT2D eigenvalue weighted by molar-refractivity contribution is 0.0529. The highest BCUT2D eigenvalue weighted by Gasteiger charge is 2.15. The molecule has 2 heterocycles. The van der Waals surface area contributed by atoms with Crippen LogP contribution in [-0.2, 0) is 4.74 Å². The van der Waals surface area contributed by atoms with E-state index in [0.29, 0.717) is 30.1 Å². The fraction of sp³-hybridized carbons (Fsp3) is 0.438. The minimum Gasteiger partial charge on any atom is -0.480 e. The fourth-order valence-corrected chi connectivity index (χ4v) is 1.81. The molecule has 0 aliphatic rings. The van der Waals surface area contributed by atoms with Crippen molar-refractivity contribution in [2.24, 2.45) is 0 Å². The van der Waals surface area contributed by atoms with Crippen molar-refractivity contribution in [1.82, 2.24) is 20.5 Å². The molecule has 0 spiro atoms. The van der Waals surface area contributed by atoms with Crippen molar-refractivity contribution < 1.29 is 14.3 Å². The molecule has 0 unspecified atom stereocenters. The predicted octanol–water partition coefficient (Wildman–Crippen LogP) is 2.23. The molecule has 0 aromatic carbocycles. The number of nitrogens with one attached hydrogen (secondary N) is 2. The number of rotatable bonds is 3. The zero-order chi connectivity index (χ0) is 16.9. The molecule has 0 aliphatic heterocycles. The van der Waals surface area contributed by atoms with Gasteiger partial charge in [0.15, 0.2) is 5.65 Å².